The van der Waals surface area contributed by atoms with E-state index in [1.807, 2.05) is 6.92 Å². The Morgan fingerprint density at radius 3 is 2.62 bits per heavy atom. The zero-order chi connectivity index (χ0) is 19.2. The van der Waals surface area contributed by atoms with Crippen molar-refractivity contribution in [2.24, 2.45) is 0 Å². The monoisotopic (exact) mass is 360 g/mol. The lowest BCUT2D eigenvalue weighted by Crippen LogP contribution is -2.13. The molecule has 2 aromatic carbocycles. The maximum Gasteiger partial charge on any atom is 0.416 e. The van der Waals surface area contributed by atoms with Crippen LogP contribution in [-0.2, 0) is 11.0 Å². The molecular weight excluding hydrogens is 345 g/mol. The first kappa shape index (κ1) is 19.1. The van der Waals surface area contributed by atoms with Crippen LogP contribution in [0.2, 0.25) is 0 Å². The predicted octanol–water partition coefficient (Wildman–Crippen LogP) is 4.65. The molecule has 1 N–H and O–H groups in total. The third-order valence-electron chi connectivity index (χ3n) is 3.29. The van der Waals surface area contributed by atoms with Gasteiger partial charge in [0.05, 0.1) is 12.2 Å². The van der Waals surface area contributed by atoms with E-state index in [0.717, 1.165) is 18.2 Å². The van der Waals surface area contributed by atoms with E-state index in [4.69, 9.17) is 4.74 Å². The fraction of sp³-hybridized carbons (Fsp3) is 0.158. The van der Waals surface area contributed by atoms with Crippen molar-refractivity contribution in [3.8, 4) is 11.8 Å². The van der Waals surface area contributed by atoms with Crippen LogP contribution in [0.25, 0.3) is 6.08 Å². The van der Waals surface area contributed by atoms with Gasteiger partial charge in [0, 0.05) is 11.8 Å². The van der Waals surface area contributed by atoms with Crippen LogP contribution in [0.15, 0.2) is 54.1 Å². The first-order valence-electron chi connectivity index (χ1n) is 7.66. The number of nitrogens with one attached hydrogen (secondary N) is 1. The zero-order valence-electron chi connectivity index (χ0n) is 13.8. The van der Waals surface area contributed by atoms with Crippen molar-refractivity contribution in [2.45, 2.75) is 13.1 Å². The Balaban J connectivity index is 2.22. The van der Waals surface area contributed by atoms with Crippen LogP contribution in [0.4, 0.5) is 18.9 Å². The van der Waals surface area contributed by atoms with Crippen molar-refractivity contribution in [1.82, 2.24) is 0 Å². The van der Waals surface area contributed by atoms with Crippen molar-refractivity contribution in [2.75, 3.05) is 11.9 Å². The standard InChI is InChI=1S/C19H15F3N2O2/c1-2-26-17-8-4-7-16(11-17)24-18(25)14(12-23)9-13-5-3-6-15(10-13)19(20,21)22/h3-11H,2H2,1H3,(H,24,25)/b14-9-. The second-order valence-electron chi connectivity index (χ2n) is 5.21. The summed E-state index contributed by atoms with van der Waals surface area (Å²) in [5, 5.41) is 11.7. The van der Waals surface area contributed by atoms with Gasteiger partial charge in [0.2, 0.25) is 0 Å². The van der Waals surface area contributed by atoms with Gasteiger partial charge in [-0.25, -0.2) is 0 Å². The number of halogens is 3. The molecular formula is C19H15F3N2O2. The number of nitrogens with zero attached hydrogens (tertiary/aromatic N) is 1. The fourth-order valence-corrected chi connectivity index (χ4v) is 2.15. The highest BCUT2D eigenvalue weighted by atomic mass is 19.4. The van der Waals surface area contributed by atoms with E-state index in [2.05, 4.69) is 5.32 Å². The Kier molecular flexibility index (Phi) is 6.02. The van der Waals surface area contributed by atoms with Crippen LogP contribution < -0.4 is 10.1 Å². The molecule has 0 aromatic heterocycles. The van der Waals surface area contributed by atoms with E-state index < -0.39 is 17.6 Å². The van der Waals surface area contributed by atoms with Crippen LogP contribution in [0.5, 0.6) is 5.75 Å². The van der Waals surface area contributed by atoms with Crippen LogP contribution in [0.3, 0.4) is 0 Å². The highest BCUT2D eigenvalue weighted by molar-refractivity contribution is 6.09. The SMILES string of the molecule is CCOc1cccc(NC(=O)/C(C#N)=C\c2cccc(C(F)(F)F)c2)c1. The van der Waals surface area contributed by atoms with Gasteiger partial charge in [-0.3, -0.25) is 4.79 Å². The van der Waals surface area contributed by atoms with E-state index in [1.54, 1.807) is 30.3 Å². The first-order chi connectivity index (χ1) is 12.3. The number of carbonyl (C=O) groups excluding carboxylic acids is 1. The number of ether oxygens (including phenoxy) is 1. The Bertz CT molecular complexity index is 868. The molecule has 0 aliphatic carbocycles. The van der Waals surface area contributed by atoms with Crippen molar-refractivity contribution in [1.29, 1.82) is 5.26 Å². The summed E-state index contributed by atoms with van der Waals surface area (Å²) >= 11 is 0. The number of benzene rings is 2. The Morgan fingerprint density at radius 2 is 1.96 bits per heavy atom. The second-order valence-corrected chi connectivity index (χ2v) is 5.21. The number of amides is 1. The van der Waals surface area contributed by atoms with Crippen LogP contribution in [0, 0.1) is 11.3 Å². The Hall–Kier alpha value is -3.27. The van der Waals surface area contributed by atoms with Gasteiger partial charge in [0.15, 0.2) is 0 Å². The molecule has 0 fully saturated rings. The molecule has 4 nitrogen and oxygen atoms in total. The number of hydrogen-bond acceptors (Lipinski definition) is 3. The smallest absolute Gasteiger partial charge is 0.416 e. The Labute approximate surface area is 148 Å². The van der Waals surface area contributed by atoms with Gasteiger partial charge in [-0.15, -0.1) is 0 Å². The van der Waals surface area contributed by atoms with Gasteiger partial charge in [-0.05, 0) is 42.8 Å². The number of carbonyl (C=O) groups is 1. The minimum absolute atomic E-state index is 0.106. The van der Waals surface area contributed by atoms with Gasteiger partial charge >= 0.3 is 6.18 Å². The molecule has 0 saturated heterocycles. The third kappa shape index (κ3) is 5.11. The summed E-state index contributed by atoms with van der Waals surface area (Å²) in [6, 6.07) is 12.7. The van der Waals surface area contributed by atoms with E-state index in [0.29, 0.717) is 18.0 Å². The molecule has 0 unspecified atom stereocenters. The summed E-state index contributed by atoms with van der Waals surface area (Å²) in [6.45, 7) is 2.27. The molecule has 2 rings (SSSR count). The lowest BCUT2D eigenvalue weighted by atomic mass is 10.1. The summed E-state index contributed by atoms with van der Waals surface area (Å²) in [6.07, 6.45) is -3.39. The number of nitriles is 1. The molecule has 0 radical (unpaired) electrons. The zero-order valence-corrected chi connectivity index (χ0v) is 13.8. The highest BCUT2D eigenvalue weighted by Gasteiger charge is 2.30. The molecule has 0 heterocycles. The maximum absolute atomic E-state index is 12.8. The summed E-state index contributed by atoms with van der Waals surface area (Å²) in [5.41, 5.74) is -0.653. The van der Waals surface area contributed by atoms with E-state index in [1.165, 1.54) is 12.1 Å². The molecule has 26 heavy (non-hydrogen) atoms. The number of hydrogen-bond donors (Lipinski definition) is 1. The summed E-state index contributed by atoms with van der Waals surface area (Å²) in [4.78, 5) is 12.2. The van der Waals surface area contributed by atoms with Gasteiger partial charge in [-0.2, -0.15) is 18.4 Å². The molecule has 1 amide bonds. The molecule has 0 atom stereocenters. The average molecular weight is 360 g/mol. The van der Waals surface area contributed by atoms with Crippen molar-refractivity contribution in [3.63, 3.8) is 0 Å². The minimum atomic E-state index is -4.50. The molecule has 0 saturated carbocycles. The normalized spacial score (nSPS) is 11.6. The van der Waals surface area contributed by atoms with Gasteiger partial charge in [0.1, 0.15) is 17.4 Å². The van der Waals surface area contributed by atoms with E-state index in [-0.39, 0.29) is 11.1 Å². The number of anilines is 1. The van der Waals surface area contributed by atoms with E-state index >= 15 is 0 Å². The predicted molar refractivity (Wildman–Crippen MR) is 91.3 cm³/mol. The quantitative estimate of drug-likeness (QED) is 0.624. The minimum Gasteiger partial charge on any atom is -0.494 e. The lowest BCUT2D eigenvalue weighted by Gasteiger charge is -2.08. The van der Waals surface area contributed by atoms with E-state index in [9.17, 15) is 23.2 Å². The third-order valence-corrected chi connectivity index (χ3v) is 3.29. The summed E-state index contributed by atoms with van der Waals surface area (Å²) in [7, 11) is 0. The highest BCUT2D eigenvalue weighted by Crippen LogP contribution is 2.30. The molecule has 0 spiro atoms. The molecule has 2 aromatic rings. The topological polar surface area (TPSA) is 62.1 Å². The van der Waals surface area contributed by atoms with Crippen LogP contribution in [0.1, 0.15) is 18.1 Å². The van der Waals surface area contributed by atoms with Gasteiger partial charge in [-0.1, -0.05) is 18.2 Å². The maximum atomic E-state index is 12.8. The molecule has 7 heteroatoms. The largest absolute Gasteiger partial charge is 0.494 e. The molecule has 0 aliphatic rings. The Morgan fingerprint density at radius 1 is 1.23 bits per heavy atom. The molecule has 134 valence electrons. The molecule has 0 aliphatic heterocycles. The van der Waals surface area contributed by atoms with Crippen LogP contribution in [-0.4, -0.2) is 12.5 Å². The fourth-order valence-electron chi connectivity index (χ4n) is 2.15. The van der Waals surface area contributed by atoms with Crippen LogP contribution >= 0.6 is 0 Å². The summed E-state index contributed by atoms with van der Waals surface area (Å²) in [5.74, 6) is -0.177. The first-order valence-corrected chi connectivity index (χ1v) is 7.66. The number of rotatable bonds is 5. The van der Waals surface area contributed by atoms with Crippen molar-refractivity contribution >= 4 is 17.7 Å². The van der Waals surface area contributed by atoms with Crippen molar-refractivity contribution < 1.29 is 22.7 Å². The van der Waals surface area contributed by atoms with Gasteiger partial charge in [0.25, 0.3) is 5.91 Å². The van der Waals surface area contributed by atoms with Gasteiger partial charge < -0.3 is 10.1 Å². The second kappa shape index (κ2) is 8.21. The average Bonchev–Trinajstić information content (AvgIpc) is 2.59. The lowest BCUT2D eigenvalue weighted by molar-refractivity contribution is -0.137. The summed E-state index contributed by atoms with van der Waals surface area (Å²) < 4.78 is 43.6. The number of alkyl halides is 3. The molecule has 0 bridgehead atoms. The van der Waals surface area contributed by atoms with Crippen molar-refractivity contribution in [3.05, 3.63) is 65.2 Å².